The number of benzene rings is 6. The molecule has 10 rings (SSSR count). The van der Waals surface area contributed by atoms with Gasteiger partial charge < -0.3 is 30.6 Å². The Kier molecular flexibility index (Phi) is 21.3. The molecule has 0 spiro atoms. The van der Waals surface area contributed by atoms with Crippen LogP contribution >= 0.6 is 0 Å². The van der Waals surface area contributed by atoms with E-state index in [2.05, 4.69) is 58.3 Å². The second-order valence-electron chi connectivity index (χ2n) is 18.9. The first-order valence-corrected chi connectivity index (χ1v) is 24.5. The zero-order valence-corrected chi connectivity index (χ0v) is 41.2. The van der Waals surface area contributed by atoms with Crippen LogP contribution in [0.2, 0.25) is 0 Å². The van der Waals surface area contributed by atoms with Gasteiger partial charge in [0, 0.05) is 38.3 Å². The summed E-state index contributed by atoms with van der Waals surface area (Å²) in [5.41, 5.74) is 6.33. The fourth-order valence-electron chi connectivity index (χ4n) is 11.3. The number of esters is 1. The van der Waals surface area contributed by atoms with Crippen LogP contribution in [0.3, 0.4) is 0 Å². The Morgan fingerprint density at radius 1 is 0.493 bits per heavy atom. The van der Waals surface area contributed by atoms with Crippen LogP contribution in [0.4, 0.5) is 0 Å². The topological polar surface area (TPSA) is 172 Å². The number of hydrogen-bond acceptors (Lipinski definition) is 8. The number of carbonyl (C=O) groups excluding carboxylic acids is 3. The largest absolute Gasteiger partial charge is 1.00 e. The molecular formula is C60H69LiN4O8. The van der Waals surface area contributed by atoms with Gasteiger partial charge in [-0.1, -0.05) is 189 Å². The molecule has 0 aliphatic carbocycles. The van der Waals surface area contributed by atoms with Crippen LogP contribution < -0.4 is 18.9 Å². The second kappa shape index (κ2) is 27.1. The number of carboxylic acid groups (broad SMARTS) is 1. The van der Waals surface area contributed by atoms with E-state index in [0.717, 1.165) is 61.3 Å². The summed E-state index contributed by atoms with van der Waals surface area (Å²) < 4.78 is 5.16. The van der Waals surface area contributed by atoms with Gasteiger partial charge in [0.05, 0.1) is 18.9 Å². The minimum absolute atomic E-state index is 0. The van der Waals surface area contributed by atoms with Gasteiger partial charge in [-0.2, -0.15) is 0 Å². The molecule has 1 unspecified atom stereocenters. The van der Waals surface area contributed by atoms with E-state index in [-0.39, 0.29) is 67.1 Å². The van der Waals surface area contributed by atoms with Crippen molar-refractivity contribution in [1.29, 1.82) is 0 Å². The Bertz CT molecular complexity index is 2560. The first kappa shape index (κ1) is 57.5. The van der Waals surface area contributed by atoms with E-state index < -0.39 is 29.9 Å². The molecule has 13 heteroatoms. The first-order valence-electron chi connectivity index (χ1n) is 24.5. The average molecular weight is 981 g/mol. The number of nitrogens with zero attached hydrogens (tertiary/aromatic N) is 4. The third kappa shape index (κ3) is 13.3. The smallest absolute Gasteiger partial charge is 0.870 e. The molecule has 6 atom stereocenters. The van der Waals surface area contributed by atoms with Gasteiger partial charge in [-0.15, -0.1) is 0 Å². The number of hydrogen-bond donors (Lipinski definition) is 1. The summed E-state index contributed by atoms with van der Waals surface area (Å²) in [6, 6.07) is 59.0. The van der Waals surface area contributed by atoms with Crippen LogP contribution in [0.25, 0.3) is 0 Å². The van der Waals surface area contributed by atoms with Crippen LogP contribution in [0.15, 0.2) is 182 Å². The number of carbonyl (C=O) groups is 4. The minimum Gasteiger partial charge on any atom is -0.870 e. The molecule has 0 saturated carbocycles. The summed E-state index contributed by atoms with van der Waals surface area (Å²) in [6.45, 7) is 4.75. The van der Waals surface area contributed by atoms with Crippen LogP contribution in [0.5, 0.6) is 0 Å². The third-order valence-electron chi connectivity index (χ3n) is 14.9. The zero-order valence-electron chi connectivity index (χ0n) is 41.2. The number of aliphatic carboxylic acids is 1. The first-order chi connectivity index (χ1) is 33.8. The maximum atomic E-state index is 14.1. The molecule has 4 heterocycles. The van der Waals surface area contributed by atoms with Crippen molar-refractivity contribution in [3.8, 4) is 0 Å². The van der Waals surface area contributed by atoms with Crippen LogP contribution in [-0.2, 0) is 23.9 Å². The molecule has 4 fully saturated rings. The molecule has 4 N–H and O–H groups in total. The van der Waals surface area contributed by atoms with Gasteiger partial charge in [0.25, 0.3) is 0 Å². The van der Waals surface area contributed by atoms with E-state index in [1.54, 1.807) is 9.80 Å². The van der Waals surface area contributed by atoms with Crippen molar-refractivity contribution in [2.45, 2.75) is 80.9 Å². The van der Waals surface area contributed by atoms with Gasteiger partial charge in [0.15, 0.2) is 0 Å². The average Bonchev–Trinajstić information content (AvgIpc) is 4.25. The van der Waals surface area contributed by atoms with Crippen LogP contribution in [0.1, 0.15) is 90.2 Å². The van der Waals surface area contributed by atoms with Crippen molar-refractivity contribution in [2.24, 2.45) is 0 Å². The van der Waals surface area contributed by atoms with E-state index in [0.29, 0.717) is 37.8 Å². The van der Waals surface area contributed by atoms with Crippen molar-refractivity contribution < 1.29 is 58.8 Å². The van der Waals surface area contributed by atoms with Crippen LogP contribution in [-0.4, -0.2) is 130 Å². The number of ether oxygens (including phenoxy) is 1. The van der Waals surface area contributed by atoms with E-state index in [1.165, 1.54) is 18.2 Å². The normalized spacial score (nSPS) is 21.4. The van der Waals surface area contributed by atoms with Gasteiger partial charge in [-0.25, -0.2) is 9.59 Å². The molecule has 2 amide bonds. The Labute approximate surface area is 442 Å². The molecule has 73 heavy (non-hydrogen) atoms. The maximum absolute atomic E-state index is 14.1. The maximum Gasteiger partial charge on any atom is 1.00 e. The fraction of sp³-hybridized carbons (Fsp3) is 0.333. The van der Waals surface area contributed by atoms with Crippen LogP contribution in [0, 0.1) is 0 Å². The summed E-state index contributed by atoms with van der Waals surface area (Å²) in [7, 11) is 1.41. The summed E-state index contributed by atoms with van der Waals surface area (Å²) in [5.74, 6) is -1.47. The van der Waals surface area contributed by atoms with Crippen molar-refractivity contribution in [2.75, 3.05) is 46.4 Å². The van der Waals surface area contributed by atoms with Crippen molar-refractivity contribution in [3.05, 3.63) is 215 Å². The zero-order chi connectivity index (χ0) is 47.7. The Hall–Kier alpha value is -6.36. The van der Waals surface area contributed by atoms with Gasteiger partial charge in [0.1, 0.15) is 12.1 Å². The minimum atomic E-state index is -0.922. The Morgan fingerprint density at radius 2 is 0.795 bits per heavy atom. The monoisotopic (exact) mass is 981 g/mol. The molecule has 0 aromatic heterocycles. The van der Waals surface area contributed by atoms with E-state index in [4.69, 9.17) is 4.74 Å². The number of methoxy groups -OCH3 is 1. The Balaban J connectivity index is 0.000000257. The van der Waals surface area contributed by atoms with Crippen molar-refractivity contribution in [1.82, 2.24) is 19.6 Å². The van der Waals surface area contributed by atoms with Gasteiger partial charge in [-0.05, 0) is 84.0 Å². The van der Waals surface area contributed by atoms with Gasteiger partial charge >= 0.3 is 30.8 Å². The summed E-state index contributed by atoms with van der Waals surface area (Å²) in [5, 5.41) is 10.0. The molecule has 0 bridgehead atoms. The van der Waals surface area contributed by atoms with E-state index >= 15 is 0 Å². The molecule has 4 saturated heterocycles. The molecular weight excluding hydrogens is 912 g/mol. The quantitative estimate of drug-likeness (QED) is 0.124. The number of rotatable bonds is 12. The number of carboxylic acids is 1. The predicted molar refractivity (Wildman–Crippen MR) is 280 cm³/mol. The predicted octanol–water partition coefficient (Wildman–Crippen LogP) is 5.45. The standard InChI is InChI=1S/C30H32N2O3.C29H30N2O3.CH4.Li.2H2O/c1-35-30(34)27-19-26(31-18-17-25(20-31)22-11-5-2-6-12-22)21-32(27)29(33)28(23-13-7-3-8-14-23)24-15-9-4-10-16-24;32-28(27(22-12-6-2-7-13-22)23-14-8-3-9-15-23)31-20-25(18-26(31)29(33)34)30-17-16-24(19-30)21-10-4-1-5-11-21;;;;/h2-16,25-28H,17-21H2,1H3;1-15,24-27H,16-20H2,(H,33,34);1H4;;2*1H2/q;;;+1;;/p-1/t25-,26?,27-;24-,25-,26-;;;;/m00..../s1. The Morgan fingerprint density at radius 3 is 1.11 bits per heavy atom. The summed E-state index contributed by atoms with van der Waals surface area (Å²) >= 11 is 0. The second-order valence-corrected chi connectivity index (χ2v) is 18.9. The molecule has 4 aliphatic heterocycles. The fourth-order valence-corrected chi connectivity index (χ4v) is 11.3. The molecule has 6 aromatic carbocycles. The third-order valence-corrected chi connectivity index (χ3v) is 14.9. The molecule has 0 radical (unpaired) electrons. The SMILES string of the molecule is C.COC(=O)[C@@H]1CC(N2CC[C@H](c3ccccc3)C2)CN1C(=O)C(c1ccccc1)c1ccccc1.O.O=C(O)[C@@H]1C[C@H](N2CC[C@H](c3ccccc3)C2)CN1C(=O)C(c1ccccc1)c1ccccc1.[Li+].[OH-]. The summed E-state index contributed by atoms with van der Waals surface area (Å²) in [6.07, 6.45) is 3.23. The van der Waals surface area contributed by atoms with E-state index in [9.17, 15) is 24.3 Å². The molecule has 378 valence electrons. The summed E-state index contributed by atoms with van der Waals surface area (Å²) in [4.78, 5) is 61.4. The van der Waals surface area contributed by atoms with Crippen molar-refractivity contribution >= 4 is 23.8 Å². The number of amides is 2. The molecule has 6 aromatic rings. The van der Waals surface area contributed by atoms with E-state index in [1.807, 2.05) is 133 Å². The van der Waals surface area contributed by atoms with Gasteiger partial charge in [-0.3, -0.25) is 19.4 Å². The van der Waals surface area contributed by atoms with Crippen molar-refractivity contribution in [3.63, 3.8) is 0 Å². The number of likely N-dealkylation sites (tertiary alicyclic amines) is 4. The molecule has 12 nitrogen and oxygen atoms in total. The molecule has 4 aliphatic rings. The van der Waals surface area contributed by atoms with Gasteiger partial charge in [0.2, 0.25) is 11.8 Å².